The molecule has 0 aliphatic carbocycles. The number of aromatic nitrogens is 2. The fourth-order valence-electron chi connectivity index (χ4n) is 3.71. The number of hydrogen-bond donors (Lipinski definition) is 0. The van der Waals surface area contributed by atoms with Crippen LogP contribution in [0.3, 0.4) is 0 Å². The van der Waals surface area contributed by atoms with Gasteiger partial charge in [-0.3, -0.25) is 9.58 Å². The van der Waals surface area contributed by atoms with Gasteiger partial charge in [-0.05, 0) is 37.8 Å². The van der Waals surface area contributed by atoms with Gasteiger partial charge in [-0.25, -0.2) is 13.2 Å². The van der Waals surface area contributed by atoms with Crippen LogP contribution in [0.4, 0.5) is 10.5 Å². The molecule has 1 aromatic carbocycles. The maximum atomic E-state index is 12.4. The zero-order chi connectivity index (χ0) is 22.8. The molecule has 170 valence electrons. The van der Waals surface area contributed by atoms with Gasteiger partial charge in [0.1, 0.15) is 15.6 Å². The number of carbonyl (C=O) groups is 1. The normalized spacial score (nSPS) is 16.3. The molecule has 1 atom stereocenters. The third-order valence-corrected chi connectivity index (χ3v) is 6.24. The summed E-state index contributed by atoms with van der Waals surface area (Å²) in [7, 11) is -1.69. The number of amides is 1. The molecule has 1 aliphatic heterocycles. The molecule has 3 rings (SSSR count). The van der Waals surface area contributed by atoms with Crippen molar-refractivity contribution in [3.8, 4) is 16.9 Å². The molecule has 0 fully saturated rings. The lowest BCUT2D eigenvalue weighted by Gasteiger charge is -2.35. The minimum absolute atomic E-state index is 0.0288. The fraction of sp³-hybridized carbons (Fsp3) is 0.545. The molecule has 2 aromatic rings. The lowest BCUT2D eigenvalue weighted by atomic mass is 9.92. The van der Waals surface area contributed by atoms with E-state index in [1.807, 2.05) is 25.3 Å². The summed E-state index contributed by atoms with van der Waals surface area (Å²) < 4.78 is 35.9. The minimum atomic E-state index is -3.07. The Hall–Kier alpha value is -2.55. The average Bonchev–Trinajstić information content (AvgIpc) is 3.18. The quantitative estimate of drug-likeness (QED) is 0.642. The number of ether oxygens (including phenoxy) is 2. The van der Waals surface area contributed by atoms with Crippen molar-refractivity contribution in [1.82, 2.24) is 9.78 Å². The largest absolute Gasteiger partial charge is 0.492 e. The van der Waals surface area contributed by atoms with Crippen molar-refractivity contribution < 1.29 is 22.7 Å². The van der Waals surface area contributed by atoms with E-state index in [4.69, 9.17) is 9.47 Å². The van der Waals surface area contributed by atoms with Crippen LogP contribution in [0, 0.1) is 5.92 Å². The van der Waals surface area contributed by atoms with Crippen LogP contribution in [-0.2, 0) is 27.5 Å². The Kier molecular flexibility index (Phi) is 6.93. The summed E-state index contributed by atoms with van der Waals surface area (Å²) >= 11 is 0. The van der Waals surface area contributed by atoms with E-state index in [-0.39, 0.29) is 17.9 Å². The van der Waals surface area contributed by atoms with Crippen LogP contribution in [0.2, 0.25) is 0 Å². The maximum Gasteiger partial charge on any atom is 0.414 e. The molecule has 0 saturated carbocycles. The van der Waals surface area contributed by atoms with Gasteiger partial charge < -0.3 is 9.47 Å². The van der Waals surface area contributed by atoms with Crippen LogP contribution in [0.25, 0.3) is 11.1 Å². The van der Waals surface area contributed by atoms with Crippen molar-refractivity contribution in [3.63, 3.8) is 0 Å². The Bertz CT molecular complexity index is 1050. The van der Waals surface area contributed by atoms with Crippen molar-refractivity contribution >= 4 is 21.6 Å². The van der Waals surface area contributed by atoms with E-state index < -0.39 is 9.84 Å². The summed E-state index contributed by atoms with van der Waals surface area (Å²) in [6.45, 7) is 7.01. The molecule has 8 nitrogen and oxygen atoms in total. The predicted octanol–water partition coefficient (Wildman–Crippen LogP) is 3.54. The zero-order valence-corrected chi connectivity index (χ0v) is 19.6. The number of benzene rings is 1. The molecule has 31 heavy (non-hydrogen) atoms. The first kappa shape index (κ1) is 23.1. The maximum absolute atomic E-state index is 12.4. The number of anilines is 1. The van der Waals surface area contributed by atoms with E-state index in [9.17, 15) is 13.2 Å². The number of aryl methyl sites for hydroxylation is 1. The topological polar surface area (TPSA) is 90.7 Å². The van der Waals surface area contributed by atoms with E-state index in [0.29, 0.717) is 19.1 Å². The lowest BCUT2D eigenvalue weighted by Crippen LogP contribution is -2.42. The average molecular weight is 450 g/mol. The van der Waals surface area contributed by atoms with Crippen LogP contribution in [-0.4, -0.2) is 56.1 Å². The fourth-order valence-corrected chi connectivity index (χ4v) is 4.23. The highest BCUT2D eigenvalue weighted by Crippen LogP contribution is 2.43. The van der Waals surface area contributed by atoms with Crippen LogP contribution < -0.4 is 9.64 Å². The third-order valence-electron chi connectivity index (χ3n) is 5.32. The SMILES string of the molecule is COC(=O)N1c2ccc(-c3cnn(CCS(C)(=O)=O)c3)c(OCC(C)C)c2CC[C@@H]1C. The monoisotopic (exact) mass is 449 g/mol. The van der Waals surface area contributed by atoms with Crippen molar-refractivity contribution in [3.05, 3.63) is 30.1 Å². The van der Waals surface area contributed by atoms with E-state index in [0.717, 1.165) is 41.0 Å². The number of nitrogens with zero attached hydrogens (tertiary/aromatic N) is 3. The van der Waals surface area contributed by atoms with Gasteiger partial charge in [-0.1, -0.05) is 13.8 Å². The van der Waals surface area contributed by atoms with Crippen molar-refractivity contribution in [2.75, 3.05) is 30.6 Å². The highest BCUT2D eigenvalue weighted by Gasteiger charge is 2.32. The van der Waals surface area contributed by atoms with E-state index in [2.05, 4.69) is 18.9 Å². The molecule has 0 spiro atoms. The Morgan fingerprint density at radius 2 is 2.06 bits per heavy atom. The summed E-state index contributed by atoms with van der Waals surface area (Å²) in [4.78, 5) is 14.1. The van der Waals surface area contributed by atoms with Gasteiger partial charge in [0.25, 0.3) is 0 Å². The van der Waals surface area contributed by atoms with Crippen molar-refractivity contribution in [2.24, 2.45) is 5.92 Å². The summed E-state index contributed by atoms with van der Waals surface area (Å²) in [5, 5.41) is 4.32. The lowest BCUT2D eigenvalue weighted by molar-refractivity contribution is 0.175. The van der Waals surface area contributed by atoms with Crippen LogP contribution in [0.15, 0.2) is 24.5 Å². The van der Waals surface area contributed by atoms with Gasteiger partial charge in [0.15, 0.2) is 0 Å². The first-order valence-electron chi connectivity index (χ1n) is 10.5. The number of rotatable bonds is 7. The number of methoxy groups -OCH3 is 1. The molecule has 1 amide bonds. The van der Waals surface area contributed by atoms with Gasteiger partial charge in [-0.15, -0.1) is 0 Å². The molecule has 0 radical (unpaired) electrons. The number of carbonyl (C=O) groups excluding carboxylic acids is 1. The number of sulfone groups is 1. The Morgan fingerprint density at radius 1 is 1.32 bits per heavy atom. The molecule has 1 aromatic heterocycles. The van der Waals surface area contributed by atoms with Crippen molar-refractivity contribution in [1.29, 1.82) is 0 Å². The second kappa shape index (κ2) is 9.30. The van der Waals surface area contributed by atoms with E-state index >= 15 is 0 Å². The highest BCUT2D eigenvalue weighted by atomic mass is 32.2. The van der Waals surface area contributed by atoms with Gasteiger partial charge in [0, 0.05) is 35.2 Å². The first-order chi connectivity index (χ1) is 14.6. The molecule has 0 bridgehead atoms. The zero-order valence-electron chi connectivity index (χ0n) is 18.8. The van der Waals surface area contributed by atoms with Gasteiger partial charge in [0.2, 0.25) is 0 Å². The summed E-state index contributed by atoms with van der Waals surface area (Å²) in [6.07, 6.45) is 5.97. The molecular formula is C22H31N3O5S. The minimum Gasteiger partial charge on any atom is -0.492 e. The first-order valence-corrected chi connectivity index (χ1v) is 12.5. The second-order valence-corrected chi connectivity index (χ2v) is 10.8. The smallest absolute Gasteiger partial charge is 0.414 e. The molecule has 0 unspecified atom stereocenters. The van der Waals surface area contributed by atoms with Gasteiger partial charge >= 0.3 is 6.09 Å². The van der Waals surface area contributed by atoms with Gasteiger partial charge in [-0.2, -0.15) is 5.10 Å². The molecule has 1 aliphatic rings. The van der Waals surface area contributed by atoms with E-state index in [1.165, 1.54) is 13.4 Å². The predicted molar refractivity (Wildman–Crippen MR) is 120 cm³/mol. The van der Waals surface area contributed by atoms with Gasteiger partial charge in [0.05, 0.1) is 37.9 Å². The Morgan fingerprint density at radius 3 is 2.71 bits per heavy atom. The molecule has 0 N–H and O–H groups in total. The summed E-state index contributed by atoms with van der Waals surface area (Å²) in [6, 6.07) is 3.88. The number of fused-ring (bicyclic) bond motifs is 1. The molecular weight excluding hydrogens is 418 g/mol. The number of hydrogen-bond acceptors (Lipinski definition) is 6. The van der Waals surface area contributed by atoms with Crippen LogP contribution in [0.5, 0.6) is 5.75 Å². The second-order valence-electron chi connectivity index (χ2n) is 8.49. The summed E-state index contributed by atoms with van der Waals surface area (Å²) in [5.74, 6) is 1.11. The molecule has 2 heterocycles. The van der Waals surface area contributed by atoms with E-state index in [1.54, 1.807) is 15.8 Å². The van der Waals surface area contributed by atoms with Crippen molar-refractivity contribution in [2.45, 2.75) is 46.2 Å². The standard InChI is InChI=1S/C22H31N3O5S/c1-15(2)14-30-21-18(17-12-23-24(13-17)10-11-31(5,27)28)8-9-20-19(21)7-6-16(3)25(20)22(26)29-4/h8-9,12-13,15-16H,6-7,10-11,14H2,1-5H3/t16-/m0/s1. The Labute approximate surface area is 184 Å². The highest BCUT2D eigenvalue weighted by molar-refractivity contribution is 7.90. The Balaban J connectivity index is 2.03. The third kappa shape index (κ3) is 5.39. The summed E-state index contributed by atoms with van der Waals surface area (Å²) in [5.41, 5.74) is 3.51. The van der Waals surface area contributed by atoms with Crippen LogP contribution >= 0.6 is 0 Å². The molecule has 0 saturated heterocycles. The molecule has 9 heteroatoms. The van der Waals surface area contributed by atoms with Crippen LogP contribution in [0.1, 0.15) is 32.8 Å².